The van der Waals surface area contributed by atoms with Gasteiger partial charge in [-0.15, -0.1) is 11.6 Å². The van der Waals surface area contributed by atoms with Gasteiger partial charge in [-0.2, -0.15) is 0 Å². The van der Waals surface area contributed by atoms with Crippen LogP contribution in [-0.2, 0) is 4.74 Å². The highest BCUT2D eigenvalue weighted by Crippen LogP contribution is 2.22. The number of furan rings is 1. The fourth-order valence-electron chi connectivity index (χ4n) is 1.53. The highest BCUT2D eigenvalue weighted by molar-refractivity contribution is 6.18. The molecule has 0 aliphatic rings. The van der Waals surface area contributed by atoms with Crippen LogP contribution >= 0.6 is 11.6 Å². The van der Waals surface area contributed by atoms with Gasteiger partial charge in [-0.05, 0) is 12.1 Å². The third kappa shape index (κ3) is 2.28. The van der Waals surface area contributed by atoms with Gasteiger partial charge in [0.05, 0.1) is 24.3 Å². The van der Waals surface area contributed by atoms with E-state index in [0.717, 1.165) is 16.8 Å². The maximum Gasteiger partial charge on any atom is 0.139 e. The molecule has 2 aromatic rings. The van der Waals surface area contributed by atoms with Crippen molar-refractivity contribution in [1.82, 2.24) is 4.98 Å². The minimum Gasteiger partial charge on any atom is -0.464 e. The monoisotopic (exact) mass is 240 g/mol. The zero-order chi connectivity index (χ0) is 11.4. The number of aromatic nitrogens is 1. The number of nitrogens with one attached hydrogen (secondary N) is 1. The minimum absolute atomic E-state index is 0.0414. The van der Waals surface area contributed by atoms with Gasteiger partial charge in [-0.3, -0.25) is 0 Å². The first-order chi connectivity index (χ1) is 7.85. The molecule has 0 spiro atoms. The maximum atomic E-state index is 5.83. The smallest absolute Gasteiger partial charge is 0.139 e. The molecule has 2 heterocycles. The molecule has 0 fully saturated rings. The zero-order valence-corrected chi connectivity index (χ0v) is 9.70. The van der Waals surface area contributed by atoms with Crippen LogP contribution in [0.4, 0.5) is 5.82 Å². The van der Waals surface area contributed by atoms with Crippen LogP contribution in [0.5, 0.6) is 0 Å². The molecule has 0 aliphatic carbocycles. The van der Waals surface area contributed by atoms with E-state index in [1.807, 2.05) is 12.1 Å². The summed E-state index contributed by atoms with van der Waals surface area (Å²) in [4.78, 5) is 4.26. The number of ether oxygens (including phenoxy) is 1. The Morgan fingerprint density at radius 3 is 3.19 bits per heavy atom. The Morgan fingerprint density at radius 1 is 1.56 bits per heavy atom. The van der Waals surface area contributed by atoms with E-state index >= 15 is 0 Å². The van der Waals surface area contributed by atoms with Crippen LogP contribution in [0, 0.1) is 0 Å². The van der Waals surface area contributed by atoms with E-state index in [4.69, 9.17) is 20.8 Å². The number of halogens is 1. The highest BCUT2D eigenvalue weighted by Gasteiger charge is 2.10. The van der Waals surface area contributed by atoms with Crippen LogP contribution in [0.1, 0.15) is 0 Å². The summed E-state index contributed by atoms with van der Waals surface area (Å²) in [6, 6.07) is 3.75. The third-order valence-electron chi connectivity index (χ3n) is 2.27. The highest BCUT2D eigenvalue weighted by atomic mass is 35.5. The Balaban J connectivity index is 2.22. The summed E-state index contributed by atoms with van der Waals surface area (Å²) in [5, 5.41) is 4.18. The Hall–Kier alpha value is -1.26. The molecular formula is C11H13ClN2O2. The van der Waals surface area contributed by atoms with Crippen LogP contribution < -0.4 is 5.32 Å². The van der Waals surface area contributed by atoms with E-state index in [-0.39, 0.29) is 6.04 Å². The molecule has 0 aliphatic heterocycles. The van der Waals surface area contributed by atoms with E-state index in [9.17, 15) is 0 Å². The number of anilines is 1. The van der Waals surface area contributed by atoms with Gasteiger partial charge in [-0.1, -0.05) is 0 Å². The molecule has 4 nitrogen and oxygen atoms in total. The van der Waals surface area contributed by atoms with Crippen LogP contribution in [0.3, 0.4) is 0 Å². The van der Waals surface area contributed by atoms with Gasteiger partial charge >= 0.3 is 0 Å². The molecule has 0 amide bonds. The average Bonchev–Trinajstić information content (AvgIpc) is 2.77. The minimum atomic E-state index is 0.0414. The van der Waals surface area contributed by atoms with E-state index in [1.165, 1.54) is 0 Å². The summed E-state index contributed by atoms with van der Waals surface area (Å²) in [7, 11) is 1.65. The number of alkyl halides is 1. The van der Waals surface area contributed by atoms with Crippen molar-refractivity contribution in [3.05, 3.63) is 24.6 Å². The summed E-state index contributed by atoms with van der Waals surface area (Å²) in [5.41, 5.74) is 0.809. The second-order valence-electron chi connectivity index (χ2n) is 3.44. The lowest BCUT2D eigenvalue weighted by atomic mass is 10.3. The molecule has 86 valence electrons. The molecule has 2 aromatic heterocycles. The van der Waals surface area contributed by atoms with E-state index in [1.54, 1.807) is 19.6 Å². The molecule has 16 heavy (non-hydrogen) atoms. The number of hydrogen-bond acceptors (Lipinski definition) is 4. The Labute approximate surface area is 98.6 Å². The molecule has 1 unspecified atom stereocenters. The molecule has 0 saturated carbocycles. The lowest BCUT2D eigenvalue weighted by molar-refractivity contribution is 0.191. The Kier molecular flexibility index (Phi) is 3.64. The van der Waals surface area contributed by atoms with Crippen LogP contribution in [0.25, 0.3) is 11.0 Å². The van der Waals surface area contributed by atoms with Gasteiger partial charge in [0.25, 0.3) is 0 Å². The number of nitrogens with zero attached hydrogens (tertiary/aromatic N) is 1. The number of pyridine rings is 1. The topological polar surface area (TPSA) is 47.3 Å². The summed E-state index contributed by atoms with van der Waals surface area (Å²) < 4.78 is 10.4. The van der Waals surface area contributed by atoms with Gasteiger partial charge in [0.15, 0.2) is 0 Å². The first-order valence-electron chi connectivity index (χ1n) is 4.99. The zero-order valence-electron chi connectivity index (χ0n) is 8.94. The number of methoxy groups -OCH3 is 1. The quantitative estimate of drug-likeness (QED) is 0.816. The first-order valence-corrected chi connectivity index (χ1v) is 5.52. The predicted molar refractivity (Wildman–Crippen MR) is 64.0 cm³/mol. The van der Waals surface area contributed by atoms with Crippen LogP contribution in [0.2, 0.25) is 0 Å². The van der Waals surface area contributed by atoms with Crippen molar-refractivity contribution in [3.8, 4) is 0 Å². The second kappa shape index (κ2) is 5.18. The molecule has 0 saturated heterocycles. The number of hydrogen-bond donors (Lipinski definition) is 1. The molecule has 1 atom stereocenters. The standard InChI is InChI=1S/C11H13ClN2O2/c1-15-7-8(6-12)14-11-9-3-5-16-10(9)2-4-13-11/h2-5,8H,6-7H2,1H3,(H,13,14). The lowest BCUT2D eigenvalue weighted by Gasteiger charge is -2.15. The molecule has 0 radical (unpaired) electrons. The van der Waals surface area contributed by atoms with Crippen molar-refractivity contribution in [3.63, 3.8) is 0 Å². The number of rotatable bonds is 5. The molecule has 2 rings (SSSR count). The Bertz CT molecular complexity index is 458. The van der Waals surface area contributed by atoms with Crippen molar-refractivity contribution in [2.75, 3.05) is 24.9 Å². The fraction of sp³-hybridized carbons (Fsp3) is 0.364. The third-order valence-corrected chi connectivity index (χ3v) is 2.65. The first kappa shape index (κ1) is 11.2. The lowest BCUT2D eigenvalue weighted by Crippen LogP contribution is -2.27. The maximum absolute atomic E-state index is 5.83. The van der Waals surface area contributed by atoms with Crippen LogP contribution in [0.15, 0.2) is 29.0 Å². The molecule has 0 aromatic carbocycles. The number of fused-ring (bicyclic) bond motifs is 1. The van der Waals surface area contributed by atoms with Gasteiger partial charge in [-0.25, -0.2) is 4.98 Å². The van der Waals surface area contributed by atoms with Gasteiger partial charge in [0, 0.05) is 19.2 Å². The summed E-state index contributed by atoms with van der Waals surface area (Å²) in [5.74, 6) is 1.23. The van der Waals surface area contributed by atoms with Crippen molar-refractivity contribution < 1.29 is 9.15 Å². The van der Waals surface area contributed by atoms with E-state index < -0.39 is 0 Å². The van der Waals surface area contributed by atoms with E-state index in [0.29, 0.717) is 12.5 Å². The Morgan fingerprint density at radius 2 is 2.44 bits per heavy atom. The molecule has 0 bridgehead atoms. The normalized spacial score (nSPS) is 12.9. The summed E-state index contributed by atoms with van der Waals surface area (Å²) >= 11 is 5.83. The van der Waals surface area contributed by atoms with Crippen LogP contribution in [-0.4, -0.2) is 30.6 Å². The predicted octanol–water partition coefficient (Wildman–Crippen LogP) is 2.49. The molecule has 1 N–H and O–H groups in total. The van der Waals surface area contributed by atoms with Gasteiger partial charge < -0.3 is 14.5 Å². The SMILES string of the molecule is COCC(CCl)Nc1nccc2occc12. The summed E-state index contributed by atoms with van der Waals surface area (Å²) in [6.07, 6.45) is 3.34. The fourth-order valence-corrected chi connectivity index (χ4v) is 1.70. The van der Waals surface area contributed by atoms with Crippen molar-refractivity contribution in [2.45, 2.75) is 6.04 Å². The van der Waals surface area contributed by atoms with Gasteiger partial charge in [0.1, 0.15) is 11.4 Å². The second-order valence-corrected chi connectivity index (χ2v) is 3.75. The van der Waals surface area contributed by atoms with E-state index in [2.05, 4.69) is 10.3 Å². The molecule has 5 heteroatoms. The largest absolute Gasteiger partial charge is 0.464 e. The average molecular weight is 241 g/mol. The van der Waals surface area contributed by atoms with Crippen molar-refractivity contribution >= 4 is 28.4 Å². The molecular weight excluding hydrogens is 228 g/mol. The van der Waals surface area contributed by atoms with Crippen molar-refractivity contribution in [2.24, 2.45) is 0 Å². The summed E-state index contributed by atoms with van der Waals surface area (Å²) in [6.45, 7) is 0.541. The van der Waals surface area contributed by atoms with Crippen molar-refractivity contribution in [1.29, 1.82) is 0 Å². The van der Waals surface area contributed by atoms with Gasteiger partial charge in [0.2, 0.25) is 0 Å².